The Morgan fingerprint density at radius 1 is 0.196 bits per heavy atom. The van der Waals surface area contributed by atoms with Crippen LogP contribution in [0.15, 0.2) is 243 Å². The minimum absolute atomic E-state index is 0.0880. The van der Waals surface area contributed by atoms with Gasteiger partial charge in [0.25, 0.3) is 0 Å². The summed E-state index contributed by atoms with van der Waals surface area (Å²) in [6.45, 7) is 0. The van der Waals surface area contributed by atoms with Crippen molar-refractivity contribution in [1.29, 1.82) is 0 Å². The molecule has 0 fully saturated rings. The van der Waals surface area contributed by atoms with E-state index >= 15 is 0 Å². The predicted octanol–water partition coefficient (Wildman–Crippen LogP) is 15.3. The van der Waals surface area contributed by atoms with E-state index in [9.17, 15) is 0 Å². The monoisotopic (exact) mass is 720 g/mol. The number of rotatable bonds is 10. The molecule has 2 heteroatoms. The zero-order chi connectivity index (χ0) is 41.0. The van der Waals surface area contributed by atoms with Crippen LogP contribution < -0.4 is 9.80 Å². The average Bonchev–Trinajstić information content (AvgIpc) is 3.32. The number of anilines is 6. The third-order valence-corrected chi connectivity index (χ3v) is 9.96. The highest BCUT2D eigenvalue weighted by Crippen LogP contribution is 2.38. The van der Waals surface area contributed by atoms with Gasteiger partial charge in [0.2, 0.25) is 0 Å². The van der Waals surface area contributed by atoms with Crippen LogP contribution in [-0.2, 0) is 0 Å². The summed E-state index contributed by atoms with van der Waals surface area (Å²) in [5.41, 5.74) is 12.4. The number of benzene rings is 9. The van der Waals surface area contributed by atoms with Gasteiger partial charge in [-0.1, -0.05) is 170 Å². The smallest absolute Gasteiger partial charge is 0.0645 e. The first-order valence-corrected chi connectivity index (χ1v) is 18.8. The summed E-state index contributed by atoms with van der Waals surface area (Å²) < 4.78 is 36.6. The van der Waals surface area contributed by atoms with E-state index in [-0.39, 0.29) is 35.4 Å². The van der Waals surface area contributed by atoms with Crippen LogP contribution in [0.2, 0.25) is 0 Å². The van der Waals surface area contributed by atoms with Crippen LogP contribution in [0, 0.1) is 0 Å². The lowest BCUT2D eigenvalue weighted by Crippen LogP contribution is -2.09. The second-order valence-corrected chi connectivity index (χ2v) is 13.5. The van der Waals surface area contributed by atoms with Crippen LogP contribution in [-0.4, -0.2) is 0 Å². The van der Waals surface area contributed by atoms with Crippen molar-refractivity contribution in [2.24, 2.45) is 0 Å². The van der Waals surface area contributed by atoms with Gasteiger partial charge in [0, 0.05) is 34.1 Å². The summed E-state index contributed by atoms with van der Waals surface area (Å²) in [4.78, 5) is 4.04. The van der Waals surface area contributed by atoms with Crippen LogP contribution in [0.25, 0.3) is 44.5 Å². The molecular weight excluding hydrogens is 677 g/mol. The molecule has 9 aromatic carbocycles. The van der Waals surface area contributed by atoms with Crippen LogP contribution in [0.4, 0.5) is 34.1 Å². The summed E-state index contributed by atoms with van der Waals surface area (Å²) in [6, 6.07) is 73.0. The Balaban J connectivity index is 0.987. The van der Waals surface area contributed by atoms with E-state index in [1.807, 2.05) is 97.1 Å². The Labute approximate surface area is 335 Å². The second kappa shape index (κ2) is 15.9. The van der Waals surface area contributed by atoms with Gasteiger partial charge in [-0.15, -0.1) is 0 Å². The van der Waals surface area contributed by atoms with Gasteiger partial charge in [-0.2, -0.15) is 0 Å². The lowest BCUT2D eigenvalue weighted by Gasteiger charge is -2.26. The molecule has 9 aromatic rings. The fraction of sp³-hybridized carbons (Fsp3) is 0. The maximum absolute atomic E-state index is 9.16. The summed E-state index contributed by atoms with van der Waals surface area (Å²) in [7, 11) is 0. The minimum Gasteiger partial charge on any atom is -0.311 e. The molecule has 0 bridgehead atoms. The van der Waals surface area contributed by atoms with Crippen molar-refractivity contribution in [2.45, 2.75) is 0 Å². The Bertz CT molecular complexity index is 2780. The zero-order valence-corrected chi connectivity index (χ0v) is 30.7. The summed E-state index contributed by atoms with van der Waals surface area (Å²) in [6.07, 6.45) is 0. The molecule has 0 saturated carbocycles. The van der Waals surface area contributed by atoms with Gasteiger partial charge in [-0.05, 0) is 117 Å². The molecule has 0 unspecified atom stereocenters. The van der Waals surface area contributed by atoms with Crippen molar-refractivity contribution in [3.8, 4) is 44.5 Å². The SMILES string of the molecule is [2H]c1c([2H])c(N(c2ccccc2)c2ccccc2)c([2H])c([2H])c1-c1ccc(-c2ccc(N(c3ccccc3)c3ccc(-c4ccc(-c5ccccc5)cc4)cc3)cc2)cc1. The molecule has 0 saturated heterocycles. The summed E-state index contributed by atoms with van der Waals surface area (Å²) in [5, 5.41) is 0. The summed E-state index contributed by atoms with van der Waals surface area (Å²) >= 11 is 0. The Morgan fingerprint density at radius 2 is 0.429 bits per heavy atom. The van der Waals surface area contributed by atoms with Crippen molar-refractivity contribution in [1.82, 2.24) is 0 Å². The number of hydrogen-bond donors (Lipinski definition) is 0. The van der Waals surface area contributed by atoms with Crippen LogP contribution in [0.3, 0.4) is 0 Å². The van der Waals surface area contributed by atoms with Crippen molar-refractivity contribution in [3.05, 3.63) is 243 Å². The first-order valence-electron chi connectivity index (χ1n) is 20.8. The molecule has 0 aliphatic rings. The molecule has 56 heavy (non-hydrogen) atoms. The topological polar surface area (TPSA) is 6.48 Å². The van der Waals surface area contributed by atoms with E-state index in [1.165, 1.54) is 11.1 Å². The van der Waals surface area contributed by atoms with E-state index in [4.69, 9.17) is 5.48 Å². The van der Waals surface area contributed by atoms with Crippen LogP contribution in [0.1, 0.15) is 5.48 Å². The van der Waals surface area contributed by atoms with Gasteiger partial charge in [-0.3, -0.25) is 0 Å². The fourth-order valence-electron chi connectivity index (χ4n) is 7.07. The molecule has 0 amide bonds. The fourth-order valence-corrected chi connectivity index (χ4v) is 7.07. The Kier molecular flexibility index (Phi) is 8.51. The molecule has 0 heterocycles. The highest BCUT2D eigenvalue weighted by atomic mass is 15.1. The van der Waals surface area contributed by atoms with E-state index in [0.717, 1.165) is 50.7 Å². The van der Waals surface area contributed by atoms with E-state index in [1.54, 1.807) is 4.90 Å². The van der Waals surface area contributed by atoms with Gasteiger partial charge in [0.1, 0.15) is 0 Å². The number of hydrogen-bond acceptors (Lipinski definition) is 2. The first kappa shape index (κ1) is 30.0. The van der Waals surface area contributed by atoms with Crippen LogP contribution in [0.5, 0.6) is 0 Å². The third kappa shape index (κ3) is 7.37. The van der Waals surface area contributed by atoms with E-state index in [0.29, 0.717) is 5.56 Å². The Morgan fingerprint density at radius 3 is 0.768 bits per heavy atom. The molecular formula is C54H40N2. The Hall–Kier alpha value is -7.42. The molecule has 0 radical (unpaired) electrons. The maximum atomic E-state index is 9.16. The third-order valence-electron chi connectivity index (χ3n) is 9.96. The lowest BCUT2D eigenvalue weighted by atomic mass is 9.99. The maximum Gasteiger partial charge on any atom is 0.0645 e. The average molecular weight is 721 g/mol. The molecule has 2 nitrogen and oxygen atoms in total. The van der Waals surface area contributed by atoms with Gasteiger partial charge in [-0.25, -0.2) is 0 Å². The van der Waals surface area contributed by atoms with Crippen molar-refractivity contribution < 1.29 is 5.48 Å². The highest BCUT2D eigenvalue weighted by Gasteiger charge is 2.14. The van der Waals surface area contributed by atoms with Crippen molar-refractivity contribution in [2.75, 3.05) is 9.80 Å². The van der Waals surface area contributed by atoms with Gasteiger partial charge >= 0.3 is 0 Å². The normalized spacial score (nSPS) is 11.9. The molecule has 0 aromatic heterocycles. The van der Waals surface area contributed by atoms with Crippen LogP contribution >= 0.6 is 0 Å². The molecule has 9 rings (SSSR count). The largest absolute Gasteiger partial charge is 0.311 e. The van der Waals surface area contributed by atoms with E-state index in [2.05, 4.69) is 126 Å². The molecule has 0 aliphatic heterocycles. The minimum atomic E-state index is -0.103. The van der Waals surface area contributed by atoms with Gasteiger partial charge < -0.3 is 9.80 Å². The lowest BCUT2D eigenvalue weighted by molar-refractivity contribution is 1.28. The highest BCUT2D eigenvalue weighted by molar-refractivity contribution is 5.82. The van der Waals surface area contributed by atoms with Crippen molar-refractivity contribution >= 4 is 34.1 Å². The molecule has 0 spiro atoms. The van der Waals surface area contributed by atoms with Gasteiger partial charge in [0.05, 0.1) is 5.48 Å². The predicted molar refractivity (Wildman–Crippen MR) is 238 cm³/mol. The van der Waals surface area contributed by atoms with Gasteiger partial charge in [0.15, 0.2) is 0 Å². The molecule has 266 valence electrons. The summed E-state index contributed by atoms with van der Waals surface area (Å²) in [5.74, 6) is 0. The first-order chi connectivity index (χ1) is 29.4. The quantitative estimate of drug-likeness (QED) is 0.139. The zero-order valence-electron chi connectivity index (χ0n) is 34.7. The standard InChI is InChI=1S/C54H40N2/c1-5-13-41(14-6-1)42-21-23-43(24-22-42)47-31-37-53(38-32-47)56(51-19-11-4-12-20-51)54-39-33-48(34-40-54)45-27-25-44(26-28-45)46-29-35-52(36-30-46)55(49-15-7-2-8-16-49)50-17-9-3-10-18-50/h1-40H/i29D,30D,35D,36D. The molecule has 0 atom stereocenters. The molecule has 0 aliphatic carbocycles. The second-order valence-electron chi connectivity index (χ2n) is 13.5. The van der Waals surface area contributed by atoms with Crippen molar-refractivity contribution in [3.63, 3.8) is 0 Å². The number of nitrogens with zero attached hydrogens (tertiary/aromatic N) is 2. The number of para-hydroxylation sites is 3. The van der Waals surface area contributed by atoms with E-state index < -0.39 is 0 Å². The molecule has 0 N–H and O–H groups in total.